The molecule has 0 aliphatic carbocycles. The van der Waals surface area contributed by atoms with E-state index in [1.807, 2.05) is 0 Å². The SMILES string of the molecule is FC(F)(F)CNCCOc1ccc(Cl)cc1Br. The van der Waals surface area contributed by atoms with Crippen molar-refractivity contribution in [2.24, 2.45) is 0 Å². The van der Waals surface area contributed by atoms with Gasteiger partial charge < -0.3 is 10.1 Å². The summed E-state index contributed by atoms with van der Waals surface area (Å²) in [6, 6.07) is 4.95. The number of nitrogens with one attached hydrogen (secondary N) is 1. The lowest BCUT2D eigenvalue weighted by atomic mass is 10.3. The summed E-state index contributed by atoms with van der Waals surface area (Å²) in [7, 11) is 0. The highest BCUT2D eigenvalue weighted by Crippen LogP contribution is 2.27. The first kappa shape index (κ1) is 14.6. The second kappa shape index (κ2) is 6.47. The molecule has 2 nitrogen and oxygen atoms in total. The van der Waals surface area contributed by atoms with E-state index in [-0.39, 0.29) is 13.2 Å². The maximum atomic E-state index is 11.8. The number of alkyl halides is 3. The van der Waals surface area contributed by atoms with Crippen LogP contribution in [0.5, 0.6) is 5.75 Å². The van der Waals surface area contributed by atoms with E-state index < -0.39 is 12.7 Å². The summed E-state index contributed by atoms with van der Waals surface area (Å²) in [6.07, 6.45) is -4.19. The van der Waals surface area contributed by atoms with Gasteiger partial charge in [-0.05, 0) is 34.1 Å². The Morgan fingerprint density at radius 1 is 1.35 bits per heavy atom. The molecule has 96 valence electrons. The summed E-state index contributed by atoms with van der Waals surface area (Å²) in [4.78, 5) is 0. The molecule has 1 N–H and O–H groups in total. The Kier molecular flexibility index (Phi) is 5.55. The average molecular weight is 333 g/mol. The molecule has 0 aromatic heterocycles. The average Bonchev–Trinajstić information content (AvgIpc) is 2.18. The first-order chi connectivity index (χ1) is 7.88. The van der Waals surface area contributed by atoms with E-state index >= 15 is 0 Å². The molecule has 17 heavy (non-hydrogen) atoms. The van der Waals surface area contributed by atoms with Crippen LogP contribution < -0.4 is 10.1 Å². The van der Waals surface area contributed by atoms with E-state index in [9.17, 15) is 13.2 Å². The van der Waals surface area contributed by atoms with Crippen molar-refractivity contribution in [1.82, 2.24) is 5.32 Å². The second-order valence-corrected chi connectivity index (χ2v) is 4.51. The molecular formula is C10H10BrClF3NO. The van der Waals surface area contributed by atoms with E-state index in [0.717, 1.165) is 0 Å². The number of ether oxygens (including phenoxy) is 1. The zero-order valence-corrected chi connectivity index (χ0v) is 11.0. The third-order valence-corrected chi connectivity index (χ3v) is 2.61. The lowest BCUT2D eigenvalue weighted by molar-refractivity contribution is -0.124. The van der Waals surface area contributed by atoms with Crippen LogP contribution in [-0.4, -0.2) is 25.9 Å². The van der Waals surface area contributed by atoms with Crippen LogP contribution in [0.1, 0.15) is 0 Å². The summed E-state index contributed by atoms with van der Waals surface area (Å²) in [5, 5.41) is 2.79. The van der Waals surface area contributed by atoms with Crippen molar-refractivity contribution in [3.05, 3.63) is 27.7 Å². The molecule has 1 aromatic rings. The predicted octanol–water partition coefficient (Wildman–Crippen LogP) is 3.63. The quantitative estimate of drug-likeness (QED) is 0.831. The highest BCUT2D eigenvalue weighted by molar-refractivity contribution is 9.10. The molecule has 0 radical (unpaired) electrons. The smallest absolute Gasteiger partial charge is 0.401 e. The summed E-state index contributed by atoms with van der Waals surface area (Å²) < 4.78 is 41.3. The Bertz CT molecular complexity index is 373. The molecule has 0 amide bonds. The number of benzene rings is 1. The summed E-state index contributed by atoms with van der Waals surface area (Å²) in [5.41, 5.74) is 0. The molecule has 0 fully saturated rings. The van der Waals surface area contributed by atoms with Crippen LogP contribution in [0, 0.1) is 0 Å². The van der Waals surface area contributed by atoms with Crippen molar-refractivity contribution in [3.63, 3.8) is 0 Å². The van der Waals surface area contributed by atoms with Gasteiger partial charge >= 0.3 is 6.18 Å². The number of hydrogen-bond donors (Lipinski definition) is 1. The fraction of sp³-hybridized carbons (Fsp3) is 0.400. The van der Waals surface area contributed by atoms with Crippen molar-refractivity contribution in [3.8, 4) is 5.75 Å². The molecule has 0 aliphatic rings. The fourth-order valence-electron chi connectivity index (χ4n) is 1.06. The van der Waals surface area contributed by atoms with Crippen LogP contribution in [0.25, 0.3) is 0 Å². The minimum Gasteiger partial charge on any atom is -0.491 e. The third kappa shape index (κ3) is 6.14. The Balaban J connectivity index is 2.27. The van der Waals surface area contributed by atoms with Crippen LogP contribution in [0.3, 0.4) is 0 Å². The summed E-state index contributed by atoms with van der Waals surface area (Å²) in [5.74, 6) is 0.545. The molecule has 0 heterocycles. The maximum absolute atomic E-state index is 11.8. The van der Waals surface area contributed by atoms with E-state index in [1.54, 1.807) is 18.2 Å². The van der Waals surface area contributed by atoms with Crippen molar-refractivity contribution in [2.75, 3.05) is 19.7 Å². The molecule has 0 atom stereocenters. The topological polar surface area (TPSA) is 21.3 Å². The van der Waals surface area contributed by atoms with Crippen LogP contribution in [0.2, 0.25) is 5.02 Å². The van der Waals surface area contributed by atoms with Gasteiger partial charge in [-0.15, -0.1) is 0 Å². The van der Waals surface area contributed by atoms with Gasteiger partial charge in [0.1, 0.15) is 12.4 Å². The highest BCUT2D eigenvalue weighted by Gasteiger charge is 2.25. The molecule has 1 aromatic carbocycles. The molecule has 1 rings (SSSR count). The van der Waals surface area contributed by atoms with Gasteiger partial charge in [0.15, 0.2) is 0 Å². The van der Waals surface area contributed by atoms with E-state index in [1.165, 1.54) is 0 Å². The molecule has 0 aliphatic heterocycles. The Hall–Kier alpha value is -0.460. The van der Waals surface area contributed by atoms with Gasteiger partial charge in [0, 0.05) is 11.6 Å². The van der Waals surface area contributed by atoms with Gasteiger partial charge in [-0.3, -0.25) is 0 Å². The van der Waals surface area contributed by atoms with Gasteiger partial charge in [0.05, 0.1) is 11.0 Å². The fourth-order valence-corrected chi connectivity index (χ4v) is 1.85. The first-order valence-corrected chi connectivity index (χ1v) is 5.91. The van der Waals surface area contributed by atoms with Crippen LogP contribution >= 0.6 is 27.5 Å². The molecule has 0 saturated carbocycles. The second-order valence-electron chi connectivity index (χ2n) is 3.22. The molecule has 0 spiro atoms. The Morgan fingerprint density at radius 2 is 2.06 bits per heavy atom. The Labute approximate surface area is 110 Å². The number of hydrogen-bond acceptors (Lipinski definition) is 2. The van der Waals surface area contributed by atoms with E-state index in [0.29, 0.717) is 15.2 Å². The van der Waals surface area contributed by atoms with Gasteiger partial charge in [0.25, 0.3) is 0 Å². The van der Waals surface area contributed by atoms with Gasteiger partial charge in [0.2, 0.25) is 0 Å². The molecular weight excluding hydrogens is 322 g/mol. The lowest BCUT2D eigenvalue weighted by Crippen LogP contribution is -2.31. The molecule has 0 bridgehead atoms. The predicted molar refractivity (Wildman–Crippen MR) is 63.6 cm³/mol. The van der Waals surface area contributed by atoms with Crippen molar-refractivity contribution < 1.29 is 17.9 Å². The zero-order chi connectivity index (χ0) is 12.9. The van der Waals surface area contributed by atoms with Gasteiger partial charge in [-0.25, -0.2) is 0 Å². The van der Waals surface area contributed by atoms with Gasteiger partial charge in [-0.1, -0.05) is 11.6 Å². The normalized spacial score (nSPS) is 11.6. The van der Waals surface area contributed by atoms with Gasteiger partial charge in [-0.2, -0.15) is 13.2 Å². The summed E-state index contributed by atoms with van der Waals surface area (Å²) in [6.45, 7) is -0.747. The van der Waals surface area contributed by atoms with Crippen LogP contribution in [-0.2, 0) is 0 Å². The van der Waals surface area contributed by atoms with Crippen molar-refractivity contribution in [2.45, 2.75) is 6.18 Å². The number of rotatable bonds is 5. The zero-order valence-electron chi connectivity index (χ0n) is 8.65. The van der Waals surface area contributed by atoms with E-state index in [4.69, 9.17) is 16.3 Å². The van der Waals surface area contributed by atoms with Crippen LogP contribution in [0.4, 0.5) is 13.2 Å². The maximum Gasteiger partial charge on any atom is 0.401 e. The minimum atomic E-state index is -4.19. The van der Waals surface area contributed by atoms with Crippen molar-refractivity contribution >= 4 is 27.5 Å². The standard InChI is InChI=1S/C10H10BrClF3NO/c11-8-5-7(12)1-2-9(8)17-4-3-16-6-10(13,14)15/h1-2,5,16H,3-4,6H2. The van der Waals surface area contributed by atoms with Crippen LogP contribution in [0.15, 0.2) is 22.7 Å². The lowest BCUT2D eigenvalue weighted by Gasteiger charge is -2.10. The number of halogens is 5. The largest absolute Gasteiger partial charge is 0.491 e. The highest BCUT2D eigenvalue weighted by atomic mass is 79.9. The monoisotopic (exact) mass is 331 g/mol. The van der Waals surface area contributed by atoms with Crippen molar-refractivity contribution in [1.29, 1.82) is 0 Å². The minimum absolute atomic E-state index is 0.120. The third-order valence-electron chi connectivity index (χ3n) is 1.76. The Morgan fingerprint density at radius 3 is 2.65 bits per heavy atom. The molecule has 0 saturated heterocycles. The summed E-state index contributed by atoms with van der Waals surface area (Å²) >= 11 is 8.97. The first-order valence-electron chi connectivity index (χ1n) is 4.74. The molecule has 7 heteroatoms. The molecule has 0 unspecified atom stereocenters. The van der Waals surface area contributed by atoms with E-state index in [2.05, 4.69) is 21.2 Å².